The number of hydrogen-bond donors (Lipinski definition) is 1. The van der Waals surface area contributed by atoms with Crippen LogP contribution in [0.3, 0.4) is 0 Å². The number of ether oxygens (including phenoxy) is 2. The van der Waals surface area contributed by atoms with E-state index in [-0.39, 0.29) is 0 Å². The first-order chi connectivity index (χ1) is 11.2. The number of amides is 2. The Morgan fingerprint density at radius 2 is 1.91 bits per heavy atom. The first-order valence-electron chi connectivity index (χ1n) is 7.50. The lowest BCUT2D eigenvalue weighted by Gasteiger charge is -2.25. The molecule has 1 aromatic carbocycles. The van der Waals surface area contributed by atoms with Crippen LogP contribution in [0.2, 0.25) is 0 Å². The van der Waals surface area contributed by atoms with E-state index < -0.39 is 11.8 Å². The molecule has 0 unspecified atom stereocenters. The van der Waals surface area contributed by atoms with Gasteiger partial charge in [0, 0.05) is 18.7 Å². The predicted octanol–water partition coefficient (Wildman–Crippen LogP) is 1.17. The van der Waals surface area contributed by atoms with E-state index in [1.165, 1.54) is 13.3 Å². The summed E-state index contributed by atoms with van der Waals surface area (Å²) in [6.07, 6.45) is 4.38. The molecule has 1 saturated heterocycles. The summed E-state index contributed by atoms with van der Waals surface area (Å²) in [5, 5.41) is 3.83. The number of carbonyl (C=O) groups excluding carboxylic acids is 2. The number of hydrogen-bond acceptors (Lipinski definition) is 5. The summed E-state index contributed by atoms with van der Waals surface area (Å²) in [4.78, 5) is 25.4. The van der Waals surface area contributed by atoms with E-state index in [4.69, 9.17) is 9.47 Å². The smallest absolute Gasteiger partial charge is 0.329 e. The summed E-state index contributed by atoms with van der Waals surface area (Å²) >= 11 is 0. The standard InChI is InChI=1S/C16H21N3O4/c1-22-13-6-7-14(23-2)12(10-13)11-17-18-15(20)16(21)19-8-4-3-5-9-19/h6-7,10-11H,3-5,8-9H2,1-2H3,(H,18,20)/b17-11+. The summed E-state index contributed by atoms with van der Waals surface area (Å²) in [6.45, 7) is 1.25. The molecule has 23 heavy (non-hydrogen) atoms. The van der Waals surface area contributed by atoms with Crippen molar-refractivity contribution in [2.45, 2.75) is 19.3 Å². The van der Waals surface area contributed by atoms with Crippen molar-refractivity contribution in [2.24, 2.45) is 5.10 Å². The topological polar surface area (TPSA) is 80.2 Å². The largest absolute Gasteiger partial charge is 0.497 e. The summed E-state index contributed by atoms with van der Waals surface area (Å²) in [7, 11) is 3.10. The summed E-state index contributed by atoms with van der Waals surface area (Å²) in [6, 6.07) is 5.22. The number of piperidine rings is 1. The van der Waals surface area contributed by atoms with E-state index >= 15 is 0 Å². The number of benzene rings is 1. The van der Waals surface area contributed by atoms with Gasteiger partial charge in [0.25, 0.3) is 0 Å². The SMILES string of the molecule is COc1ccc(OC)c(/C=N/NC(=O)C(=O)N2CCCCC2)c1. The Labute approximate surface area is 135 Å². The molecule has 0 spiro atoms. The van der Waals surface area contributed by atoms with Gasteiger partial charge >= 0.3 is 11.8 Å². The monoisotopic (exact) mass is 319 g/mol. The second kappa shape index (κ2) is 8.17. The quantitative estimate of drug-likeness (QED) is 0.513. The Bertz CT molecular complexity index is 595. The van der Waals surface area contributed by atoms with Crippen LogP contribution >= 0.6 is 0 Å². The number of nitrogens with zero attached hydrogens (tertiary/aromatic N) is 2. The van der Waals surface area contributed by atoms with Crippen LogP contribution < -0.4 is 14.9 Å². The molecule has 7 nitrogen and oxygen atoms in total. The maximum absolute atomic E-state index is 12.0. The van der Waals surface area contributed by atoms with E-state index in [0.29, 0.717) is 30.2 Å². The minimum atomic E-state index is -0.731. The lowest BCUT2D eigenvalue weighted by atomic mass is 10.1. The third-order valence-corrected chi connectivity index (χ3v) is 3.64. The Hall–Kier alpha value is -2.57. The van der Waals surface area contributed by atoms with Crippen molar-refractivity contribution in [2.75, 3.05) is 27.3 Å². The molecular formula is C16H21N3O4. The fraction of sp³-hybridized carbons (Fsp3) is 0.438. The van der Waals surface area contributed by atoms with E-state index in [0.717, 1.165) is 19.3 Å². The number of hydrazone groups is 1. The van der Waals surface area contributed by atoms with Crippen LogP contribution in [0.15, 0.2) is 23.3 Å². The molecule has 0 aliphatic carbocycles. The average Bonchev–Trinajstić information content (AvgIpc) is 2.61. The minimum Gasteiger partial charge on any atom is -0.497 e. The highest BCUT2D eigenvalue weighted by Crippen LogP contribution is 2.22. The van der Waals surface area contributed by atoms with Crippen LogP contribution in [0.1, 0.15) is 24.8 Å². The Balaban J connectivity index is 1.97. The second-order valence-corrected chi connectivity index (χ2v) is 5.16. The Morgan fingerprint density at radius 3 is 2.57 bits per heavy atom. The van der Waals surface area contributed by atoms with Crippen LogP contribution in [-0.4, -0.2) is 50.2 Å². The minimum absolute atomic E-state index is 0.542. The van der Waals surface area contributed by atoms with Gasteiger partial charge in [0.2, 0.25) is 0 Å². The third kappa shape index (κ3) is 4.45. The fourth-order valence-electron chi connectivity index (χ4n) is 2.39. The maximum atomic E-state index is 12.0. The number of methoxy groups -OCH3 is 2. The van der Waals surface area contributed by atoms with Crippen molar-refractivity contribution in [3.63, 3.8) is 0 Å². The van der Waals surface area contributed by atoms with Gasteiger partial charge in [0.1, 0.15) is 11.5 Å². The molecule has 1 heterocycles. The number of rotatable bonds is 4. The summed E-state index contributed by atoms with van der Waals surface area (Å²) in [5.41, 5.74) is 2.90. The van der Waals surface area contributed by atoms with Gasteiger partial charge in [-0.15, -0.1) is 0 Å². The van der Waals surface area contributed by atoms with E-state index in [1.54, 1.807) is 30.2 Å². The van der Waals surface area contributed by atoms with Crippen LogP contribution in [-0.2, 0) is 9.59 Å². The second-order valence-electron chi connectivity index (χ2n) is 5.16. The number of nitrogens with one attached hydrogen (secondary N) is 1. The van der Waals surface area contributed by atoms with Crippen LogP contribution in [0.5, 0.6) is 11.5 Å². The molecular weight excluding hydrogens is 298 g/mol. The van der Waals surface area contributed by atoms with E-state index in [1.807, 2.05) is 0 Å². The van der Waals surface area contributed by atoms with Crippen molar-refractivity contribution in [1.82, 2.24) is 10.3 Å². The number of likely N-dealkylation sites (tertiary alicyclic amines) is 1. The number of carbonyl (C=O) groups is 2. The highest BCUT2D eigenvalue weighted by atomic mass is 16.5. The maximum Gasteiger partial charge on any atom is 0.329 e. The average molecular weight is 319 g/mol. The van der Waals surface area contributed by atoms with E-state index in [2.05, 4.69) is 10.5 Å². The van der Waals surface area contributed by atoms with Crippen LogP contribution in [0.4, 0.5) is 0 Å². The fourth-order valence-corrected chi connectivity index (χ4v) is 2.39. The zero-order chi connectivity index (χ0) is 16.7. The predicted molar refractivity (Wildman–Crippen MR) is 85.7 cm³/mol. The first kappa shape index (κ1) is 16.8. The molecule has 7 heteroatoms. The van der Waals surface area contributed by atoms with Crippen LogP contribution in [0.25, 0.3) is 0 Å². The molecule has 1 fully saturated rings. The van der Waals surface area contributed by atoms with Gasteiger partial charge < -0.3 is 14.4 Å². The highest BCUT2D eigenvalue weighted by Gasteiger charge is 2.22. The van der Waals surface area contributed by atoms with Crippen LogP contribution in [0, 0.1) is 0 Å². The first-order valence-corrected chi connectivity index (χ1v) is 7.50. The van der Waals surface area contributed by atoms with Gasteiger partial charge in [-0.1, -0.05) is 0 Å². The van der Waals surface area contributed by atoms with E-state index in [9.17, 15) is 9.59 Å². The molecule has 0 saturated carbocycles. The summed E-state index contributed by atoms with van der Waals surface area (Å²) < 4.78 is 10.3. The molecule has 1 aromatic rings. The van der Waals surface area contributed by atoms with Gasteiger partial charge in [-0.25, -0.2) is 5.43 Å². The molecule has 0 atom stereocenters. The van der Waals surface area contributed by atoms with Crippen molar-refractivity contribution < 1.29 is 19.1 Å². The van der Waals surface area contributed by atoms with Gasteiger partial charge in [-0.3, -0.25) is 9.59 Å². The van der Waals surface area contributed by atoms with Gasteiger partial charge in [0.05, 0.1) is 20.4 Å². The molecule has 1 N–H and O–H groups in total. The highest BCUT2D eigenvalue weighted by molar-refractivity contribution is 6.35. The molecule has 2 amide bonds. The van der Waals surface area contributed by atoms with Gasteiger partial charge in [0.15, 0.2) is 0 Å². The molecule has 2 rings (SSSR count). The third-order valence-electron chi connectivity index (χ3n) is 3.64. The molecule has 0 aromatic heterocycles. The molecule has 0 radical (unpaired) electrons. The van der Waals surface area contributed by atoms with Crippen molar-refractivity contribution in [3.05, 3.63) is 23.8 Å². The van der Waals surface area contributed by atoms with Gasteiger partial charge in [-0.05, 0) is 37.5 Å². The zero-order valence-corrected chi connectivity index (χ0v) is 13.4. The normalized spacial score (nSPS) is 14.6. The molecule has 124 valence electrons. The zero-order valence-electron chi connectivity index (χ0n) is 13.4. The molecule has 1 aliphatic rings. The molecule has 1 aliphatic heterocycles. The lowest BCUT2D eigenvalue weighted by Crippen LogP contribution is -2.43. The Kier molecular flexibility index (Phi) is 5.96. The van der Waals surface area contributed by atoms with Crippen molar-refractivity contribution in [3.8, 4) is 11.5 Å². The summed E-state index contributed by atoms with van der Waals surface area (Å²) in [5.74, 6) is -0.0430. The lowest BCUT2D eigenvalue weighted by molar-refractivity contribution is -0.146. The van der Waals surface area contributed by atoms with Crippen molar-refractivity contribution in [1.29, 1.82) is 0 Å². The van der Waals surface area contributed by atoms with Gasteiger partial charge in [-0.2, -0.15) is 5.10 Å². The Morgan fingerprint density at radius 1 is 1.17 bits per heavy atom. The molecule has 0 bridgehead atoms. The van der Waals surface area contributed by atoms with Crippen molar-refractivity contribution >= 4 is 18.0 Å².